The Kier molecular flexibility index (Phi) is 5.66. The van der Waals surface area contributed by atoms with Crippen LogP contribution < -0.4 is 10.6 Å². The van der Waals surface area contributed by atoms with Crippen molar-refractivity contribution in [3.05, 3.63) is 94.5 Å². The van der Waals surface area contributed by atoms with Crippen LogP contribution in [0.3, 0.4) is 0 Å². The lowest BCUT2D eigenvalue weighted by Gasteiger charge is -2.35. The first-order valence-electron chi connectivity index (χ1n) is 10.0. The molecule has 0 spiro atoms. The predicted octanol–water partition coefficient (Wildman–Crippen LogP) is 2.43. The van der Waals surface area contributed by atoms with Crippen molar-refractivity contribution in [3.8, 4) is 0 Å². The van der Waals surface area contributed by atoms with E-state index in [9.17, 15) is 18.8 Å². The van der Waals surface area contributed by atoms with Gasteiger partial charge in [-0.25, -0.2) is 4.39 Å². The van der Waals surface area contributed by atoms with E-state index < -0.39 is 5.92 Å². The third kappa shape index (κ3) is 4.26. The molecular weight excluding hydrogens is 397 g/mol. The van der Waals surface area contributed by atoms with E-state index in [-0.39, 0.29) is 48.9 Å². The van der Waals surface area contributed by atoms with Crippen molar-refractivity contribution in [1.29, 1.82) is 0 Å². The first kappa shape index (κ1) is 20.5. The minimum atomic E-state index is -0.658. The normalized spacial score (nSPS) is 18.3. The van der Waals surface area contributed by atoms with Crippen LogP contribution >= 0.6 is 0 Å². The zero-order valence-corrected chi connectivity index (χ0v) is 17.0. The van der Waals surface area contributed by atoms with E-state index in [1.807, 2.05) is 30.3 Å². The second kappa shape index (κ2) is 8.55. The van der Waals surface area contributed by atoms with Crippen molar-refractivity contribution in [1.82, 2.24) is 15.5 Å². The molecule has 7 heteroatoms. The smallest absolute Gasteiger partial charge is 0.267 e. The minimum absolute atomic E-state index is 0.187. The van der Waals surface area contributed by atoms with Crippen molar-refractivity contribution >= 4 is 17.7 Å². The fourth-order valence-corrected chi connectivity index (χ4v) is 3.77. The summed E-state index contributed by atoms with van der Waals surface area (Å²) in [5.41, 5.74) is 3.11. The monoisotopic (exact) mass is 419 g/mol. The largest absolute Gasteiger partial charge is 0.377 e. The van der Waals surface area contributed by atoms with Crippen LogP contribution in [0.15, 0.2) is 77.5 Å². The average Bonchev–Trinajstić information content (AvgIpc) is 2.80. The lowest BCUT2D eigenvalue weighted by atomic mass is 9.85. The number of hydrogen-bond donors (Lipinski definition) is 2. The van der Waals surface area contributed by atoms with E-state index in [2.05, 4.69) is 10.6 Å². The highest BCUT2D eigenvalue weighted by molar-refractivity contribution is 6.10. The molecule has 4 rings (SSSR count). The molecule has 2 aromatic carbocycles. The predicted molar refractivity (Wildman–Crippen MR) is 113 cm³/mol. The number of hydrogen-bond acceptors (Lipinski definition) is 4. The summed E-state index contributed by atoms with van der Waals surface area (Å²) in [5.74, 6) is -2.00. The topological polar surface area (TPSA) is 78.5 Å². The number of rotatable bonds is 5. The van der Waals surface area contributed by atoms with Crippen LogP contribution in [0.2, 0.25) is 0 Å². The number of halogens is 1. The summed E-state index contributed by atoms with van der Waals surface area (Å²) in [4.78, 5) is 39.8. The number of nitrogens with zero attached hydrogens (tertiary/aromatic N) is 1. The van der Waals surface area contributed by atoms with Crippen molar-refractivity contribution < 1.29 is 18.8 Å². The summed E-state index contributed by atoms with van der Waals surface area (Å²) >= 11 is 0. The number of imide groups is 1. The first-order chi connectivity index (χ1) is 14.9. The molecule has 0 bridgehead atoms. The standard InChI is InChI=1S/C24H22FN3O3/c1-15-20-13-26-21(22(29)27-12-16-7-9-18(25)10-8-16)11-19(20)24(31)28(23(15)30)14-17-5-3-2-4-6-17/h2-11,19,26H,12-14H2,1H3,(H,27,29). The van der Waals surface area contributed by atoms with Crippen LogP contribution in [0.5, 0.6) is 0 Å². The fourth-order valence-electron chi connectivity index (χ4n) is 3.77. The Morgan fingerprint density at radius 2 is 1.81 bits per heavy atom. The maximum absolute atomic E-state index is 13.1. The zero-order valence-electron chi connectivity index (χ0n) is 17.0. The van der Waals surface area contributed by atoms with Gasteiger partial charge in [0.2, 0.25) is 5.91 Å². The molecule has 0 saturated heterocycles. The first-order valence-corrected chi connectivity index (χ1v) is 10.0. The van der Waals surface area contributed by atoms with Crippen LogP contribution in [0.4, 0.5) is 4.39 Å². The second-order valence-electron chi connectivity index (χ2n) is 7.59. The van der Waals surface area contributed by atoms with Crippen molar-refractivity contribution in [2.45, 2.75) is 20.0 Å². The van der Waals surface area contributed by atoms with E-state index in [4.69, 9.17) is 0 Å². The highest BCUT2D eigenvalue weighted by atomic mass is 19.1. The molecule has 0 radical (unpaired) electrons. The molecule has 1 atom stereocenters. The van der Waals surface area contributed by atoms with Gasteiger partial charge >= 0.3 is 0 Å². The number of carbonyl (C=O) groups is 3. The highest BCUT2D eigenvalue weighted by Crippen LogP contribution is 2.30. The third-order valence-electron chi connectivity index (χ3n) is 5.55. The molecule has 1 unspecified atom stereocenters. The number of benzene rings is 2. The molecule has 0 aliphatic carbocycles. The van der Waals surface area contributed by atoms with Gasteiger partial charge in [0.25, 0.3) is 11.8 Å². The van der Waals surface area contributed by atoms with E-state index >= 15 is 0 Å². The van der Waals surface area contributed by atoms with Crippen LogP contribution in [0, 0.1) is 11.7 Å². The Morgan fingerprint density at radius 3 is 2.52 bits per heavy atom. The lowest BCUT2D eigenvalue weighted by Crippen LogP contribution is -2.49. The summed E-state index contributed by atoms with van der Waals surface area (Å²) in [6.45, 7) is 2.39. The Balaban J connectivity index is 1.51. The molecule has 2 aromatic rings. The molecule has 2 aliphatic heterocycles. The summed E-state index contributed by atoms with van der Waals surface area (Å²) in [5, 5.41) is 5.78. The number of carbonyl (C=O) groups excluding carboxylic acids is 3. The van der Waals surface area contributed by atoms with Gasteiger partial charge in [0.1, 0.15) is 5.82 Å². The third-order valence-corrected chi connectivity index (χ3v) is 5.55. The van der Waals surface area contributed by atoms with Gasteiger partial charge in [-0.05, 0) is 41.8 Å². The van der Waals surface area contributed by atoms with E-state index in [1.165, 1.54) is 17.0 Å². The Bertz CT molecular complexity index is 1090. The van der Waals surface area contributed by atoms with E-state index in [0.29, 0.717) is 11.1 Å². The molecule has 3 amide bonds. The van der Waals surface area contributed by atoms with Gasteiger partial charge in [0, 0.05) is 18.7 Å². The maximum atomic E-state index is 13.1. The van der Waals surface area contributed by atoms with Gasteiger partial charge in [-0.2, -0.15) is 0 Å². The number of fused-ring (bicyclic) bond motifs is 1. The van der Waals surface area contributed by atoms with Crippen molar-refractivity contribution in [2.75, 3.05) is 6.54 Å². The Hall–Kier alpha value is -3.74. The molecule has 158 valence electrons. The van der Waals surface area contributed by atoms with E-state index in [1.54, 1.807) is 25.1 Å². The quantitative estimate of drug-likeness (QED) is 0.730. The van der Waals surface area contributed by atoms with Gasteiger partial charge < -0.3 is 10.6 Å². The van der Waals surface area contributed by atoms with Crippen LogP contribution in [0.1, 0.15) is 18.1 Å². The summed E-state index contributed by atoms with van der Waals surface area (Å²) in [7, 11) is 0. The van der Waals surface area contributed by atoms with Gasteiger partial charge in [0.05, 0.1) is 18.2 Å². The van der Waals surface area contributed by atoms with Crippen LogP contribution in [0.25, 0.3) is 0 Å². The van der Waals surface area contributed by atoms with Crippen LogP contribution in [-0.4, -0.2) is 29.2 Å². The van der Waals surface area contributed by atoms with Gasteiger partial charge in [-0.3, -0.25) is 19.3 Å². The van der Waals surface area contributed by atoms with Gasteiger partial charge in [0.15, 0.2) is 0 Å². The van der Waals surface area contributed by atoms with Crippen LogP contribution in [-0.2, 0) is 27.5 Å². The fraction of sp³-hybridized carbons (Fsp3) is 0.208. The molecule has 0 fully saturated rings. The van der Waals surface area contributed by atoms with Gasteiger partial charge in [-0.1, -0.05) is 42.5 Å². The van der Waals surface area contributed by atoms with Crippen molar-refractivity contribution in [2.24, 2.45) is 5.92 Å². The Labute approximate surface area is 179 Å². The second-order valence-corrected chi connectivity index (χ2v) is 7.59. The molecule has 2 N–H and O–H groups in total. The molecular formula is C24H22FN3O3. The lowest BCUT2D eigenvalue weighted by molar-refractivity contribution is -0.146. The summed E-state index contributed by atoms with van der Waals surface area (Å²) in [6.07, 6.45) is 1.58. The van der Waals surface area contributed by atoms with Crippen molar-refractivity contribution in [3.63, 3.8) is 0 Å². The molecule has 2 heterocycles. The average molecular weight is 419 g/mol. The summed E-state index contributed by atoms with van der Waals surface area (Å²) < 4.78 is 13.0. The van der Waals surface area contributed by atoms with E-state index in [0.717, 1.165) is 11.1 Å². The minimum Gasteiger partial charge on any atom is -0.377 e. The SMILES string of the molecule is CC1=C2CNC(C(=O)NCc3ccc(F)cc3)=CC2C(=O)N(Cc2ccccc2)C1=O. The highest BCUT2D eigenvalue weighted by Gasteiger charge is 2.40. The van der Waals surface area contributed by atoms with Gasteiger partial charge in [-0.15, -0.1) is 0 Å². The maximum Gasteiger partial charge on any atom is 0.267 e. The molecule has 0 saturated carbocycles. The Morgan fingerprint density at radius 1 is 1.10 bits per heavy atom. The molecule has 31 heavy (non-hydrogen) atoms. The number of amides is 3. The number of nitrogens with one attached hydrogen (secondary N) is 2. The summed E-state index contributed by atoms with van der Waals surface area (Å²) in [6, 6.07) is 15.2. The molecule has 0 aromatic heterocycles. The molecule has 2 aliphatic rings. The zero-order chi connectivity index (χ0) is 22.0. The molecule has 6 nitrogen and oxygen atoms in total.